The van der Waals surface area contributed by atoms with Crippen LogP contribution in [0.4, 0.5) is 4.79 Å². The van der Waals surface area contributed by atoms with Gasteiger partial charge in [0.1, 0.15) is 12.4 Å². The molecule has 5 heteroatoms. The van der Waals surface area contributed by atoms with Crippen LogP contribution in [0.3, 0.4) is 0 Å². The van der Waals surface area contributed by atoms with E-state index in [9.17, 15) is 9.59 Å². The molecule has 26 heavy (non-hydrogen) atoms. The predicted molar refractivity (Wildman–Crippen MR) is 99.7 cm³/mol. The fourth-order valence-electron chi connectivity index (χ4n) is 2.69. The molecule has 0 bridgehead atoms. The van der Waals surface area contributed by atoms with Crippen LogP contribution in [0.25, 0.3) is 0 Å². The molecule has 2 aromatic rings. The van der Waals surface area contributed by atoms with Crippen molar-refractivity contribution in [3.8, 4) is 0 Å². The topological polar surface area (TPSA) is 68.5 Å². The van der Waals surface area contributed by atoms with E-state index in [-0.39, 0.29) is 12.4 Å². The first-order valence-electron chi connectivity index (χ1n) is 9.21. The van der Waals surface area contributed by atoms with Crippen LogP contribution in [-0.2, 0) is 22.6 Å². The first kappa shape index (κ1) is 19.8. The van der Waals surface area contributed by atoms with E-state index in [2.05, 4.69) is 12.2 Å². The van der Waals surface area contributed by atoms with Crippen molar-refractivity contribution >= 4 is 11.9 Å². The minimum atomic E-state index is -0.547. The number of benzene rings is 1. The molecule has 1 amide bonds. The Morgan fingerprint density at radius 2 is 1.92 bits per heavy atom. The molecule has 1 unspecified atom stereocenters. The number of Topliss-reactive ketones (excluding diaryl/α,β-unsaturated/α-hetero) is 1. The van der Waals surface area contributed by atoms with Gasteiger partial charge in [0.05, 0.1) is 12.3 Å². The van der Waals surface area contributed by atoms with E-state index in [1.54, 1.807) is 6.26 Å². The van der Waals surface area contributed by atoms with Crippen molar-refractivity contribution in [3.63, 3.8) is 0 Å². The molecule has 0 spiro atoms. The molecule has 0 fully saturated rings. The van der Waals surface area contributed by atoms with Crippen molar-refractivity contribution in [2.24, 2.45) is 0 Å². The highest BCUT2D eigenvalue weighted by Crippen LogP contribution is 2.10. The smallest absolute Gasteiger partial charge is 0.408 e. The lowest BCUT2D eigenvalue weighted by molar-refractivity contribution is -0.121. The molecule has 1 aromatic carbocycles. The normalized spacial score (nSPS) is 11.7. The molecular formula is C21H27NO4. The second-order valence-corrected chi connectivity index (χ2v) is 6.30. The molecular weight excluding hydrogens is 330 g/mol. The van der Waals surface area contributed by atoms with Gasteiger partial charge < -0.3 is 14.5 Å². The van der Waals surface area contributed by atoms with Crippen molar-refractivity contribution in [2.75, 3.05) is 0 Å². The van der Waals surface area contributed by atoms with Gasteiger partial charge in [-0.2, -0.15) is 0 Å². The summed E-state index contributed by atoms with van der Waals surface area (Å²) in [5, 5.41) is 2.73. The third-order valence-electron chi connectivity index (χ3n) is 4.17. The van der Waals surface area contributed by atoms with Crippen molar-refractivity contribution in [1.82, 2.24) is 5.32 Å². The number of ether oxygens (including phenoxy) is 1. The Hall–Kier alpha value is -2.56. The molecule has 1 atom stereocenters. The quantitative estimate of drug-likeness (QED) is 0.635. The predicted octanol–water partition coefficient (Wildman–Crippen LogP) is 4.66. The van der Waals surface area contributed by atoms with E-state index in [0.29, 0.717) is 19.3 Å². The van der Waals surface area contributed by atoms with Crippen LogP contribution in [0.2, 0.25) is 0 Å². The summed E-state index contributed by atoms with van der Waals surface area (Å²) in [5.74, 6) is 0.916. The number of hydrogen-bond acceptors (Lipinski definition) is 4. The molecule has 1 heterocycles. The summed E-state index contributed by atoms with van der Waals surface area (Å²) < 4.78 is 10.5. The summed E-state index contributed by atoms with van der Waals surface area (Å²) in [7, 11) is 0. The van der Waals surface area contributed by atoms with Crippen LogP contribution in [-0.4, -0.2) is 17.9 Å². The number of ketones is 1. The molecule has 1 aromatic heterocycles. The van der Waals surface area contributed by atoms with Gasteiger partial charge >= 0.3 is 6.09 Å². The van der Waals surface area contributed by atoms with Crippen molar-refractivity contribution in [3.05, 3.63) is 60.1 Å². The summed E-state index contributed by atoms with van der Waals surface area (Å²) in [6.45, 7) is 2.26. The van der Waals surface area contributed by atoms with Crippen LogP contribution < -0.4 is 5.32 Å². The Kier molecular flexibility index (Phi) is 8.46. The molecule has 2 rings (SSSR count). The first-order valence-corrected chi connectivity index (χ1v) is 9.21. The van der Waals surface area contributed by atoms with Crippen molar-refractivity contribution < 1.29 is 18.7 Å². The average Bonchev–Trinajstić information content (AvgIpc) is 3.17. The number of furan rings is 1. The maximum Gasteiger partial charge on any atom is 0.408 e. The fourth-order valence-corrected chi connectivity index (χ4v) is 2.69. The molecule has 1 N–H and O–H groups in total. The number of aryl methyl sites for hydroxylation is 1. The molecule has 0 saturated heterocycles. The van der Waals surface area contributed by atoms with E-state index in [1.807, 2.05) is 42.5 Å². The number of carbonyl (C=O) groups is 2. The van der Waals surface area contributed by atoms with E-state index in [0.717, 1.165) is 30.6 Å². The number of rotatable bonds is 11. The van der Waals surface area contributed by atoms with Crippen molar-refractivity contribution in [1.29, 1.82) is 0 Å². The number of alkyl carbamates (subject to hydrolysis) is 1. The zero-order valence-electron chi connectivity index (χ0n) is 15.3. The largest absolute Gasteiger partial charge is 0.469 e. The number of amides is 1. The molecule has 0 radical (unpaired) electrons. The molecule has 140 valence electrons. The van der Waals surface area contributed by atoms with Crippen LogP contribution in [0, 0.1) is 0 Å². The summed E-state index contributed by atoms with van der Waals surface area (Å²) in [6, 6.07) is 12.7. The zero-order valence-corrected chi connectivity index (χ0v) is 15.3. The molecule has 5 nitrogen and oxygen atoms in total. The van der Waals surface area contributed by atoms with Crippen LogP contribution in [0.15, 0.2) is 53.1 Å². The van der Waals surface area contributed by atoms with Gasteiger partial charge in [-0.3, -0.25) is 4.79 Å². The van der Waals surface area contributed by atoms with Gasteiger partial charge in [0.2, 0.25) is 0 Å². The van der Waals surface area contributed by atoms with Gasteiger partial charge in [-0.15, -0.1) is 0 Å². The molecule has 0 aliphatic heterocycles. The summed E-state index contributed by atoms with van der Waals surface area (Å²) >= 11 is 0. The minimum absolute atomic E-state index is 0.0432. The monoisotopic (exact) mass is 357 g/mol. The maximum atomic E-state index is 12.5. The number of hydrogen-bond donors (Lipinski definition) is 1. The second kappa shape index (κ2) is 11.1. The highest BCUT2D eigenvalue weighted by molar-refractivity contribution is 5.87. The average molecular weight is 357 g/mol. The van der Waals surface area contributed by atoms with Crippen LogP contribution in [0.1, 0.15) is 50.4 Å². The van der Waals surface area contributed by atoms with E-state index in [1.165, 1.54) is 0 Å². The molecule has 0 aliphatic rings. The van der Waals surface area contributed by atoms with Gasteiger partial charge in [0, 0.05) is 12.8 Å². The van der Waals surface area contributed by atoms with Gasteiger partial charge in [0.15, 0.2) is 5.78 Å². The summed E-state index contributed by atoms with van der Waals surface area (Å²) in [5.41, 5.74) is 0.914. The Bertz CT molecular complexity index is 652. The maximum absolute atomic E-state index is 12.5. The minimum Gasteiger partial charge on any atom is -0.469 e. The van der Waals surface area contributed by atoms with Gasteiger partial charge in [-0.05, 0) is 30.5 Å². The Labute approximate surface area is 154 Å². The molecule has 0 aliphatic carbocycles. The Morgan fingerprint density at radius 1 is 1.12 bits per heavy atom. The van der Waals surface area contributed by atoms with E-state index >= 15 is 0 Å². The lowest BCUT2D eigenvalue weighted by Crippen LogP contribution is -2.41. The number of unbranched alkanes of at least 4 members (excludes halogenated alkanes) is 1. The molecule has 0 saturated carbocycles. The van der Waals surface area contributed by atoms with Gasteiger partial charge in [-0.1, -0.05) is 50.1 Å². The SMILES string of the molecule is CCCCC(NC(=O)OCc1ccccc1)C(=O)CCCc1ccco1. The fraction of sp³-hybridized carbons (Fsp3) is 0.429. The van der Waals surface area contributed by atoms with Gasteiger partial charge in [-0.25, -0.2) is 4.79 Å². The highest BCUT2D eigenvalue weighted by atomic mass is 16.5. The lowest BCUT2D eigenvalue weighted by Gasteiger charge is -2.17. The summed E-state index contributed by atoms with van der Waals surface area (Å²) in [6.07, 6.45) is 5.41. The Balaban J connectivity index is 1.78. The summed E-state index contributed by atoms with van der Waals surface area (Å²) in [4.78, 5) is 24.5. The van der Waals surface area contributed by atoms with Crippen LogP contribution >= 0.6 is 0 Å². The van der Waals surface area contributed by atoms with Crippen molar-refractivity contribution in [2.45, 2.75) is 58.1 Å². The number of carbonyl (C=O) groups excluding carboxylic acids is 2. The van der Waals surface area contributed by atoms with E-state index in [4.69, 9.17) is 9.15 Å². The second-order valence-electron chi connectivity index (χ2n) is 6.30. The third-order valence-corrected chi connectivity index (χ3v) is 4.17. The lowest BCUT2D eigenvalue weighted by atomic mass is 10.0. The number of nitrogens with one attached hydrogen (secondary N) is 1. The Morgan fingerprint density at radius 3 is 2.62 bits per heavy atom. The highest BCUT2D eigenvalue weighted by Gasteiger charge is 2.20. The van der Waals surface area contributed by atoms with Gasteiger partial charge in [0.25, 0.3) is 0 Å². The first-order chi connectivity index (χ1) is 12.7. The van der Waals surface area contributed by atoms with E-state index < -0.39 is 12.1 Å². The van der Waals surface area contributed by atoms with Crippen LogP contribution in [0.5, 0.6) is 0 Å². The zero-order chi connectivity index (χ0) is 18.6. The standard InChI is InChI=1S/C21H27NO4/c1-2-3-13-19(20(23)14-7-11-18-12-8-15-25-18)22-21(24)26-16-17-9-5-4-6-10-17/h4-6,8-10,12,15,19H,2-3,7,11,13-14,16H2,1H3,(H,22,24). The third kappa shape index (κ3) is 7.13.